The van der Waals surface area contributed by atoms with Crippen LogP contribution < -0.4 is 25.6 Å². The van der Waals surface area contributed by atoms with Crippen LogP contribution in [0.1, 0.15) is 0 Å². The standard InChI is InChI=1S/C50H36N2Si/c1-6-18-38(19-7-1)51(46-35-36-48-50-45(46)34-29-37-17-16-28-47(49(37)50)52(48)39-20-8-2-9-21-39)40-30-32-44(33-31-40)53(41-22-10-3-11-23-41,42-24-12-4-13-25-42)43-26-14-5-15-27-43/h1-36H. The quantitative estimate of drug-likeness (QED) is 0.0875. The van der Waals surface area contributed by atoms with Gasteiger partial charge in [-0.3, -0.25) is 0 Å². The van der Waals surface area contributed by atoms with Crippen molar-refractivity contribution in [2.24, 2.45) is 0 Å². The molecule has 0 saturated carbocycles. The van der Waals surface area contributed by atoms with E-state index >= 15 is 0 Å². The fourth-order valence-electron chi connectivity index (χ4n) is 8.65. The van der Waals surface area contributed by atoms with Crippen LogP contribution in [0.5, 0.6) is 0 Å². The molecule has 0 aliphatic carbocycles. The topological polar surface area (TPSA) is 8.17 Å². The molecule has 250 valence electrons. The molecule has 10 aromatic rings. The first kappa shape index (κ1) is 31.1. The summed E-state index contributed by atoms with van der Waals surface area (Å²) in [4.78, 5) is 2.43. The Morgan fingerprint density at radius 1 is 0.340 bits per heavy atom. The van der Waals surface area contributed by atoms with Crippen molar-refractivity contribution in [3.8, 4) is 5.69 Å². The average molecular weight is 693 g/mol. The maximum absolute atomic E-state index is 2.66. The van der Waals surface area contributed by atoms with Gasteiger partial charge in [0.15, 0.2) is 8.07 Å². The minimum absolute atomic E-state index is 1.12. The Bertz CT molecular complexity index is 2700. The van der Waals surface area contributed by atoms with Crippen LogP contribution in [0, 0.1) is 0 Å². The second-order valence-electron chi connectivity index (χ2n) is 13.7. The van der Waals surface area contributed by atoms with Crippen LogP contribution in [0.15, 0.2) is 218 Å². The molecule has 0 bridgehead atoms. The third-order valence-electron chi connectivity index (χ3n) is 10.9. The summed E-state index contributed by atoms with van der Waals surface area (Å²) >= 11 is 0. The third kappa shape index (κ3) is 4.93. The van der Waals surface area contributed by atoms with E-state index in [9.17, 15) is 0 Å². The SMILES string of the molecule is c1ccc(N(c2ccc([Si](c3ccccc3)(c3ccccc3)c3ccccc3)cc2)c2ccc3c4c2ccc2cccc(c24)n3-c2ccccc2)cc1. The van der Waals surface area contributed by atoms with Crippen molar-refractivity contribution >= 4 is 78.5 Å². The maximum atomic E-state index is 2.43. The van der Waals surface area contributed by atoms with Crippen molar-refractivity contribution in [1.29, 1.82) is 0 Å². The van der Waals surface area contributed by atoms with Gasteiger partial charge in [0.1, 0.15) is 0 Å². The predicted molar refractivity (Wildman–Crippen MR) is 228 cm³/mol. The van der Waals surface area contributed by atoms with Crippen molar-refractivity contribution in [3.63, 3.8) is 0 Å². The Kier molecular flexibility index (Phi) is 7.52. The molecule has 1 heterocycles. The van der Waals surface area contributed by atoms with E-state index in [2.05, 4.69) is 228 Å². The lowest BCUT2D eigenvalue weighted by Gasteiger charge is -2.35. The molecule has 9 aromatic carbocycles. The molecule has 0 unspecified atom stereocenters. The van der Waals surface area contributed by atoms with Crippen molar-refractivity contribution in [3.05, 3.63) is 218 Å². The molecular weight excluding hydrogens is 657 g/mol. The zero-order valence-corrected chi connectivity index (χ0v) is 30.2. The first-order chi connectivity index (χ1) is 26.3. The Labute approximate surface area is 310 Å². The van der Waals surface area contributed by atoms with Crippen molar-refractivity contribution < 1.29 is 0 Å². The number of rotatable bonds is 8. The predicted octanol–water partition coefficient (Wildman–Crippen LogP) is 10.2. The van der Waals surface area contributed by atoms with Crippen LogP contribution in [0.4, 0.5) is 17.1 Å². The number of hydrogen-bond donors (Lipinski definition) is 0. The molecule has 0 amide bonds. The largest absolute Gasteiger partial charge is 0.310 e. The molecule has 0 spiro atoms. The van der Waals surface area contributed by atoms with Crippen LogP contribution in [0.3, 0.4) is 0 Å². The Morgan fingerprint density at radius 2 is 0.830 bits per heavy atom. The zero-order valence-electron chi connectivity index (χ0n) is 29.2. The second-order valence-corrected chi connectivity index (χ2v) is 17.5. The smallest absolute Gasteiger partial charge is 0.179 e. The Morgan fingerprint density at radius 3 is 1.42 bits per heavy atom. The molecule has 2 nitrogen and oxygen atoms in total. The van der Waals surface area contributed by atoms with Crippen molar-refractivity contribution in [2.45, 2.75) is 0 Å². The molecule has 0 fully saturated rings. The van der Waals surface area contributed by atoms with Gasteiger partial charge in [-0.2, -0.15) is 0 Å². The summed E-state index contributed by atoms with van der Waals surface area (Å²) in [5.74, 6) is 0. The number of para-hydroxylation sites is 2. The lowest BCUT2D eigenvalue weighted by atomic mass is 10.00. The van der Waals surface area contributed by atoms with Crippen LogP contribution >= 0.6 is 0 Å². The minimum atomic E-state index is -2.66. The fraction of sp³-hybridized carbons (Fsp3) is 0. The molecule has 53 heavy (non-hydrogen) atoms. The number of hydrogen-bond acceptors (Lipinski definition) is 1. The maximum Gasteiger partial charge on any atom is 0.179 e. The summed E-state index contributed by atoms with van der Waals surface area (Å²) < 4.78 is 2.41. The monoisotopic (exact) mass is 692 g/mol. The second kappa shape index (κ2) is 12.8. The van der Waals surface area contributed by atoms with Gasteiger partial charge in [0.05, 0.1) is 16.7 Å². The average Bonchev–Trinajstić information content (AvgIpc) is 3.59. The Hall–Kier alpha value is -6.68. The van der Waals surface area contributed by atoms with Gasteiger partial charge >= 0.3 is 0 Å². The highest BCUT2D eigenvalue weighted by molar-refractivity contribution is 7.19. The summed E-state index contributed by atoms with van der Waals surface area (Å²) in [6.45, 7) is 0. The lowest BCUT2D eigenvalue weighted by molar-refractivity contribution is 1.18. The van der Waals surface area contributed by atoms with Crippen LogP contribution in [-0.4, -0.2) is 12.6 Å². The summed E-state index contributed by atoms with van der Waals surface area (Å²) in [6.07, 6.45) is 0. The summed E-state index contributed by atoms with van der Waals surface area (Å²) in [7, 11) is -2.66. The van der Waals surface area contributed by atoms with Crippen LogP contribution in [0.25, 0.3) is 38.3 Å². The number of aromatic nitrogens is 1. The molecular formula is C50H36N2Si. The van der Waals surface area contributed by atoms with Gasteiger partial charge < -0.3 is 9.47 Å². The number of anilines is 3. The third-order valence-corrected chi connectivity index (χ3v) is 15.7. The lowest BCUT2D eigenvalue weighted by Crippen LogP contribution is -2.74. The van der Waals surface area contributed by atoms with Gasteiger partial charge in [-0.25, -0.2) is 0 Å². The molecule has 0 N–H and O–H groups in total. The van der Waals surface area contributed by atoms with E-state index in [0.29, 0.717) is 0 Å². The molecule has 1 aromatic heterocycles. The first-order valence-electron chi connectivity index (χ1n) is 18.3. The van der Waals surface area contributed by atoms with Crippen LogP contribution in [0.2, 0.25) is 0 Å². The summed E-state index contributed by atoms with van der Waals surface area (Å²) in [5.41, 5.74) is 7.02. The highest BCUT2D eigenvalue weighted by Gasteiger charge is 2.41. The molecule has 0 atom stereocenters. The van der Waals surface area contributed by atoms with E-state index in [1.54, 1.807) is 0 Å². The molecule has 0 radical (unpaired) electrons. The van der Waals surface area contributed by atoms with E-state index in [1.807, 2.05) is 0 Å². The van der Waals surface area contributed by atoms with Gasteiger partial charge in [0.2, 0.25) is 0 Å². The molecule has 3 heteroatoms. The molecule has 10 rings (SSSR count). The molecule has 0 saturated heterocycles. The molecule has 0 aliphatic heterocycles. The minimum Gasteiger partial charge on any atom is -0.310 e. The van der Waals surface area contributed by atoms with Gasteiger partial charge in [-0.1, -0.05) is 164 Å². The summed E-state index contributed by atoms with van der Waals surface area (Å²) in [5, 5.41) is 10.5. The van der Waals surface area contributed by atoms with E-state index in [4.69, 9.17) is 0 Å². The molecule has 0 aliphatic rings. The zero-order chi connectivity index (χ0) is 35.2. The van der Waals surface area contributed by atoms with Gasteiger partial charge in [-0.15, -0.1) is 0 Å². The van der Waals surface area contributed by atoms with E-state index in [1.165, 1.54) is 59.0 Å². The highest BCUT2D eigenvalue weighted by atomic mass is 28.3. The van der Waals surface area contributed by atoms with Crippen molar-refractivity contribution in [2.75, 3.05) is 4.90 Å². The van der Waals surface area contributed by atoms with Gasteiger partial charge in [0, 0.05) is 33.2 Å². The number of nitrogens with zero attached hydrogens (tertiary/aromatic N) is 2. The van der Waals surface area contributed by atoms with Gasteiger partial charge in [-0.05, 0) is 80.7 Å². The van der Waals surface area contributed by atoms with E-state index in [-0.39, 0.29) is 0 Å². The van der Waals surface area contributed by atoms with Gasteiger partial charge in [0.25, 0.3) is 0 Å². The normalized spacial score (nSPS) is 11.8. The first-order valence-corrected chi connectivity index (χ1v) is 20.3. The Balaban J connectivity index is 1.20. The highest BCUT2D eigenvalue weighted by Crippen LogP contribution is 2.45. The van der Waals surface area contributed by atoms with E-state index in [0.717, 1.165) is 17.1 Å². The van der Waals surface area contributed by atoms with E-state index < -0.39 is 8.07 Å². The summed E-state index contributed by atoms with van der Waals surface area (Å²) in [6, 6.07) is 80.3. The van der Waals surface area contributed by atoms with Crippen molar-refractivity contribution in [1.82, 2.24) is 4.57 Å². The van der Waals surface area contributed by atoms with Crippen LogP contribution in [-0.2, 0) is 0 Å². The fourth-order valence-corrected chi connectivity index (χ4v) is 13.4. The number of benzene rings is 9.